The monoisotopic (exact) mass is 505 g/mol. The summed E-state index contributed by atoms with van der Waals surface area (Å²) in [5.41, 5.74) is 1.61. The maximum atomic E-state index is 14.1. The van der Waals surface area contributed by atoms with E-state index in [0.717, 1.165) is 16.5 Å². The fraction of sp³-hybridized carbons (Fsp3) is 0.458. The standard InChI is InChI=1S/C24H30ClF2N7O/c1-6-7-33-11-14(12-33)30-22(35)20-13(2)29-19(34(20)23(26)27)10-28-21-15-8-16(24(3,4)5)17(25)9-18(15)31-32-21/h6-9,14,23H,10-12H2,1-5H3,(H,30,35)(H2,28,31,32). The lowest BCUT2D eigenvalue weighted by atomic mass is 9.86. The van der Waals surface area contributed by atoms with Gasteiger partial charge in [-0.25, -0.2) is 4.98 Å². The van der Waals surface area contributed by atoms with Crippen molar-refractivity contribution in [2.75, 3.05) is 18.4 Å². The van der Waals surface area contributed by atoms with Crippen molar-refractivity contribution in [3.63, 3.8) is 0 Å². The van der Waals surface area contributed by atoms with Crippen LogP contribution in [0.4, 0.5) is 14.6 Å². The van der Waals surface area contributed by atoms with Crippen LogP contribution in [-0.4, -0.2) is 49.7 Å². The molecule has 1 aliphatic heterocycles. The number of hydrogen-bond donors (Lipinski definition) is 3. The fourth-order valence-electron chi connectivity index (χ4n) is 4.31. The number of imidazole rings is 1. The van der Waals surface area contributed by atoms with Crippen LogP contribution < -0.4 is 10.6 Å². The Morgan fingerprint density at radius 2 is 2.06 bits per heavy atom. The Morgan fingerprint density at radius 3 is 2.69 bits per heavy atom. The lowest BCUT2D eigenvalue weighted by Crippen LogP contribution is -2.57. The van der Waals surface area contributed by atoms with E-state index in [1.807, 2.05) is 30.2 Å². The van der Waals surface area contributed by atoms with Gasteiger partial charge in [-0.3, -0.25) is 14.5 Å². The lowest BCUT2D eigenvalue weighted by molar-refractivity contribution is 0.0590. The minimum atomic E-state index is -2.92. The van der Waals surface area contributed by atoms with Crippen molar-refractivity contribution in [2.45, 2.75) is 59.2 Å². The first-order valence-electron chi connectivity index (χ1n) is 11.4. The molecule has 1 aromatic carbocycles. The number of fused-ring (bicyclic) bond motifs is 1. The smallest absolute Gasteiger partial charge is 0.320 e. The molecular formula is C24H30ClF2N7O. The van der Waals surface area contributed by atoms with Crippen LogP contribution in [0.1, 0.15) is 61.8 Å². The van der Waals surface area contributed by atoms with E-state index < -0.39 is 12.5 Å². The number of aryl methyl sites for hydroxylation is 1. The molecule has 0 radical (unpaired) electrons. The van der Waals surface area contributed by atoms with Crippen molar-refractivity contribution in [1.82, 2.24) is 30.0 Å². The Bertz CT molecular complexity index is 1270. The molecule has 0 saturated carbocycles. The van der Waals surface area contributed by atoms with Gasteiger partial charge in [0.05, 0.1) is 23.8 Å². The van der Waals surface area contributed by atoms with Gasteiger partial charge in [-0.2, -0.15) is 13.9 Å². The molecule has 0 aliphatic carbocycles. The predicted octanol–water partition coefficient (Wildman–Crippen LogP) is 4.97. The molecule has 1 amide bonds. The van der Waals surface area contributed by atoms with E-state index >= 15 is 0 Å². The van der Waals surface area contributed by atoms with E-state index in [4.69, 9.17) is 11.6 Å². The highest BCUT2D eigenvalue weighted by Crippen LogP contribution is 2.35. The SMILES string of the molecule is CC=CN1CC(NC(=O)c2c(C)nc(CNc3n[nH]c4cc(Cl)c(C(C)(C)C)cc34)n2C(F)F)C1. The molecule has 3 N–H and O–H groups in total. The molecule has 0 atom stereocenters. The maximum absolute atomic E-state index is 14.1. The summed E-state index contributed by atoms with van der Waals surface area (Å²) in [5, 5.41) is 14.5. The van der Waals surface area contributed by atoms with Gasteiger partial charge in [-0.15, -0.1) is 0 Å². The van der Waals surface area contributed by atoms with Crippen molar-refractivity contribution in [2.24, 2.45) is 0 Å². The van der Waals surface area contributed by atoms with E-state index in [2.05, 4.69) is 46.6 Å². The Kier molecular flexibility index (Phi) is 6.77. The number of amides is 1. The summed E-state index contributed by atoms with van der Waals surface area (Å²) in [4.78, 5) is 19.2. The topological polar surface area (TPSA) is 90.9 Å². The van der Waals surface area contributed by atoms with Gasteiger partial charge in [0.1, 0.15) is 11.5 Å². The highest BCUT2D eigenvalue weighted by molar-refractivity contribution is 6.32. The van der Waals surface area contributed by atoms with Gasteiger partial charge >= 0.3 is 6.55 Å². The molecule has 0 spiro atoms. The molecule has 2 aromatic heterocycles. The summed E-state index contributed by atoms with van der Waals surface area (Å²) in [6, 6.07) is 3.66. The number of carbonyl (C=O) groups is 1. The minimum Gasteiger partial charge on any atom is -0.373 e. The summed E-state index contributed by atoms with van der Waals surface area (Å²) in [7, 11) is 0. The summed E-state index contributed by atoms with van der Waals surface area (Å²) in [5.74, 6) is -0.0116. The summed E-state index contributed by atoms with van der Waals surface area (Å²) >= 11 is 6.44. The highest BCUT2D eigenvalue weighted by Gasteiger charge is 2.31. The van der Waals surface area contributed by atoms with Gasteiger partial charge in [0, 0.05) is 23.5 Å². The number of rotatable bonds is 7. The second kappa shape index (κ2) is 9.49. The predicted molar refractivity (Wildman–Crippen MR) is 133 cm³/mol. The molecular weight excluding hydrogens is 476 g/mol. The molecule has 3 heterocycles. The molecule has 3 aromatic rings. The van der Waals surface area contributed by atoms with E-state index in [9.17, 15) is 13.6 Å². The number of benzene rings is 1. The fourth-order valence-corrected chi connectivity index (χ4v) is 4.76. The Labute approximate surface area is 207 Å². The zero-order chi connectivity index (χ0) is 25.5. The molecule has 11 heteroatoms. The van der Waals surface area contributed by atoms with Gasteiger partial charge in [0.25, 0.3) is 5.91 Å². The number of likely N-dealkylation sites (tertiary alicyclic amines) is 1. The number of hydrogen-bond acceptors (Lipinski definition) is 5. The third-order valence-corrected chi connectivity index (χ3v) is 6.36. The number of aromatic nitrogens is 4. The van der Waals surface area contributed by atoms with Gasteiger partial charge < -0.3 is 15.5 Å². The van der Waals surface area contributed by atoms with E-state index in [1.54, 1.807) is 13.0 Å². The first-order chi connectivity index (χ1) is 16.5. The van der Waals surface area contributed by atoms with Crippen molar-refractivity contribution in [3.8, 4) is 0 Å². The van der Waals surface area contributed by atoms with Crippen LogP contribution >= 0.6 is 11.6 Å². The summed E-state index contributed by atoms with van der Waals surface area (Å²) in [6.45, 7) is 7.97. The third kappa shape index (κ3) is 4.98. The number of alkyl halides is 2. The van der Waals surface area contributed by atoms with Crippen LogP contribution in [0.15, 0.2) is 24.4 Å². The molecule has 1 fully saturated rings. The van der Waals surface area contributed by atoms with E-state index in [0.29, 0.717) is 28.5 Å². The van der Waals surface area contributed by atoms with Crippen LogP contribution in [0.5, 0.6) is 0 Å². The minimum absolute atomic E-state index is 0.0373. The highest BCUT2D eigenvalue weighted by atomic mass is 35.5. The summed E-state index contributed by atoms with van der Waals surface area (Å²) < 4.78 is 28.8. The van der Waals surface area contributed by atoms with Crippen molar-refractivity contribution in [3.05, 3.63) is 52.2 Å². The van der Waals surface area contributed by atoms with Crippen molar-refractivity contribution < 1.29 is 13.6 Å². The number of nitrogens with zero attached hydrogens (tertiary/aromatic N) is 4. The average molecular weight is 506 g/mol. The molecule has 8 nitrogen and oxygen atoms in total. The third-order valence-electron chi connectivity index (χ3n) is 6.05. The molecule has 188 valence electrons. The first-order valence-corrected chi connectivity index (χ1v) is 11.8. The molecule has 1 saturated heterocycles. The van der Waals surface area contributed by atoms with E-state index in [1.165, 1.54) is 0 Å². The lowest BCUT2D eigenvalue weighted by Gasteiger charge is -2.38. The Hall–Kier alpha value is -3.14. The molecule has 0 unspecified atom stereocenters. The number of nitrogens with one attached hydrogen (secondary N) is 3. The summed E-state index contributed by atoms with van der Waals surface area (Å²) in [6.07, 6.45) is 3.84. The van der Waals surface area contributed by atoms with Crippen LogP contribution in [0.25, 0.3) is 10.9 Å². The Balaban J connectivity index is 1.55. The van der Waals surface area contributed by atoms with Crippen LogP contribution in [0.2, 0.25) is 5.02 Å². The Morgan fingerprint density at radius 1 is 1.34 bits per heavy atom. The second-order valence-corrected chi connectivity index (χ2v) is 10.2. The van der Waals surface area contributed by atoms with Gasteiger partial charge in [-0.05, 0) is 43.2 Å². The normalized spacial score (nSPS) is 14.8. The number of H-pyrrole nitrogens is 1. The van der Waals surface area contributed by atoms with Gasteiger partial charge in [0.15, 0.2) is 5.82 Å². The second-order valence-electron chi connectivity index (χ2n) is 9.77. The quantitative estimate of drug-likeness (QED) is 0.421. The van der Waals surface area contributed by atoms with Gasteiger partial charge in [-0.1, -0.05) is 38.4 Å². The maximum Gasteiger partial charge on any atom is 0.320 e. The van der Waals surface area contributed by atoms with Crippen LogP contribution in [0, 0.1) is 6.92 Å². The molecule has 4 rings (SSSR count). The van der Waals surface area contributed by atoms with Gasteiger partial charge in [0.2, 0.25) is 0 Å². The zero-order valence-electron chi connectivity index (χ0n) is 20.4. The number of anilines is 1. The number of aromatic amines is 1. The van der Waals surface area contributed by atoms with Crippen LogP contribution in [-0.2, 0) is 12.0 Å². The van der Waals surface area contributed by atoms with Crippen molar-refractivity contribution in [1.29, 1.82) is 0 Å². The molecule has 35 heavy (non-hydrogen) atoms. The van der Waals surface area contributed by atoms with Crippen LogP contribution in [0.3, 0.4) is 0 Å². The number of carbonyl (C=O) groups excluding carboxylic acids is 1. The first kappa shape index (κ1) is 25.0. The number of allylic oxidation sites excluding steroid dienone is 1. The van der Waals surface area contributed by atoms with Crippen molar-refractivity contribution >= 4 is 34.2 Å². The molecule has 0 bridgehead atoms. The largest absolute Gasteiger partial charge is 0.373 e. The average Bonchev–Trinajstić information content (AvgIpc) is 3.29. The number of halogens is 3. The molecule has 1 aliphatic rings. The zero-order valence-corrected chi connectivity index (χ0v) is 21.2. The van der Waals surface area contributed by atoms with E-state index in [-0.39, 0.29) is 35.2 Å².